The van der Waals surface area contributed by atoms with Crippen LogP contribution in [0.1, 0.15) is 38.3 Å². The van der Waals surface area contributed by atoms with E-state index >= 15 is 0 Å². The number of anilines is 1. The van der Waals surface area contributed by atoms with E-state index in [9.17, 15) is 4.79 Å². The van der Waals surface area contributed by atoms with Gasteiger partial charge < -0.3 is 5.32 Å². The van der Waals surface area contributed by atoms with Crippen molar-refractivity contribution in [2.45, 2.75) is 32.6 Å². The first-order valence-corrected chi connectivity index (χ1v) is 8.28. The first-order chi connectivity index (χ1) is 11.2. The number of rotatable bonds is 6. The molecule has 0 fully saturated rings. The van der Waals surface area contributed by atoms with Crippen molar-refractivity contribution in [2.75, 3.05) is 11.9 Å². The SMILES string of the molecule is CCCCCC#Cc1c(NCC(=O)NO)nc2ccc(Br)cn12. The molecule has 2 heterocycles. The van der Waals surface area contributed by atoms with Gasteiger partial charge >= 0.3 is 0 Å². The predicted octanol–water partition coefficient (Wildman–Crippen LogP) is 2.95. The van der Waals surface area contributed by atoms with Crippen LogP contribution in [0.3, 0.4) is 0 Å². The van der Waals surface area contributed by atoms with Crippen LogP contribution in [-0.4, -0.2) is 27.0 Å². The lowest BCUT2D eigenvalue weighted by Crippen LogP contribution is -2.27. The van der Waals surface area contributed by atoms with Gasteiger partial charge in [0.1, 0.15) is 11.3 Å². The lowest BCUT2D eigenvalue weighted by molar-refractivity contribution is -0.127. The minimum Gasteiger partial charge on any atom is -0.359 e. The van der Waals surface area contributed by atoms with Gasteiger partial charge in [0, 0.05) is 17.1 Å². The van der Waals surface area contributed by atoms with E-state index in [1.54, 1.807) is 5.48 Å². The van der Waals surface area contributed by atoms with Crippen LogP contribution < -0.4 is 10.8 Å². The highest BCUT2D eigenvalue weighted by Crippen LogP contribution is 2.20. The minimum atomic E-state index is -0.537. The molecule has 3 N–H and O–H groups in total. The lowest BCUT2D eigenvalue weighted by atomic mass is 10.2. The summed E-state index contributed by atoms with van der Waals surface area (Å²) in [5.74, 6) is 6.28. The number of nitrogens with one attached hydrogen (secondary N) is 2. The highest BCUT2D eigenvalue weighted by atomic mass is 79.9. The Morgan fingerprint density at radius 3 is 3.00 bits per heavy atom. The lowest BCUT2D eigenvalue weighted by Gasteiger charge is -2.02. The first-order valence-electron chi connectivity index (χ1n) is 7.49. The zero-order valence-corrected chi connectivity index (χ0v) is 14.5. The van der Waals surface area contributed by atoms with Crippen LogP contribution in [-0.2, 0) is 4.79 Å². The fourth-order valence-electron chi connectivity index (χ4n) is 2.07. The van der Waals surface area contributed by atoms with E-state index in [0.29, 0.717) is 11.5 Å². The number of halogens is 1. The number of fused-ring (bicyclic) bond motifs is 1. The van der Waals surface area contributed by atoms with Crippen LogP contribution in [0.5, 0.6) is 0 Å². The maximum absolute atomic E-state index is 11.2. The number of hydroxylamine groups is 1. The number of carbonyl (C=O) groups is 1. The molecule has 0 aromatic carbocycles. The molecule has 0 bridgehead atoms. The molecule has 23 heavy (non-hydrogen) atoms. The van der Waals surface area contributed by atoms with Gasteiger partial charge in [-0.25, -0.2) is 10.5 Å². The van der Waals surface area contributed by atoms with Gasteiger partial charge in [-0.05, 0) is 40.4 Å². The monoisotopic (exact) mass is 378 g/mol. The maximum Gasteiger partial charge on any atom is 0.262 e. The molecular weight excluding hydrogens is 360 g/mol. The Balaban J connectivity index is 2.28. The number of imidazole rings is 1. The van der Waals surface area contributed by atoms with E-state index in [1.807, 2.05) is 22.7 Å². The standard InChI is InChI=1S/C16H19BrN4O2/c1-2-3-4-5-6-7-13-16(18-10-15(22)20-23)19-14-9-8-12(17)11-21(13)14/h8-9,11,18,23H,2-5,10H2,1H3,(H,20,22). The largest absolute Gasteiger partial charge is 0.359 e. The normalized spacial score (nSPS) is 10.2. The minimum absolute atomic E-state index is 0.0773. The Morgan fingerprint density at radius 2 is 2.26 bits per heavy atom. The number of pyridine rings is 1. The number of nitrogens with zero attached hydrogens (tertiary/aromatic N) is 2. The van der Waals surface area contributed by atoms with Crippen LogP contribution in [0.4, 0.5) is 5.82 Å². The quantitative estimate of drug-likeness (QED) is 0.312. The zero-order valence-electron chi connectivity index (χ0n) is 12.9. The highest BCUT2D eigenvalue weighted by Gasteiger charge is 2.11. The van der Waals surface area contributed by atoms with Crippen molar-refractivity contribution in [1.82, 2.24) is 14.9 Å². The fourth-order valence-corrected chi connectivity index (χ4v) is 2.41. The second-order valence-electron chi connectivity index (χ2n) is 5.03. The van der Waals surface area contributed by atoms with Crippen LogP contribution >= 0.6 is 15.9 Å². The molecule has 0 aliphatic heterocycles. The molecule has 2 aromatic rings. The Bertz CT molecular complexity index is 746. The van der Waals surface area contributed by atoms with E-state index in [4.69, 9.17) is 5.21 Å². The van der Waals surface area contributed by atoms with E-state index < -0.39 is 5.91 Å². The molecular formula is C16H19BrN4O2. The van der Waals surface area contributed by atoms with Crippen molar-refractivity contribution in [3.05, 3.63) is 28.5 Å². The van der Waals surface area contributed by atoms with Crippen molar-refractivity contribution >= 4 is 33.3 Å². The van der Waals surface area contributed by atoms with Gasteiger partial charge in [-0.3, -0.25) is 14.4 Å². The molecule has 0 radical (unpaired) electrons. The average molecular weight is 379 g/mol. The van der Waals surface area contributed by atoms with Crippen molar-refractivity contribution in [3.8, 4) is 11.8 Å². The highest BCUT2D eigenvalue weighted by molar-refractivity contribution is 9.10. The third-order valence-corrected chi connectivity index (χ3v) is 3.70. The molecule has 2 aromatic heterocycles. The van der Waals surface area contributed by atoms with Gasteiger partial charge in [-0.1, -0.05) is 25.7 Å². The maximum atomic E-state index is 11.2. The number of hydrogen-bond donors (Lipinski definition) is 3. The van der Waals surface area contributed by atoms with Gasteiger partial charge in [0.25, 0.3) is 5.91 Å². The van der Waals surface area contributed by atoms with Crippen molar-refractivity contribution in [3.63, 3.8) is 0 Å². The molecule has 7 heteroatoms. The summed E-state index contributed by atoms with van der Waals surface area (Å²) in [6.45, 7) is 2.08. The topological polar surface area (TPSA) is 78.7 Å². The molecule has 1 amide bonds. The Hall–Kier alpha value is -2.04. The van der Waals surface area contributed by atoms with Gasteiger partial charge in [-0.15, -0.1) is 0 Å². The van der Waals surface area contributed by atoms with Crippen LogP contribution in [0, 0.1) is 11.8 Å². The Kier molecular flexibility index (Phi) is 6.44. The van der Waals surface area contributed by atoms with Gasteiger partial charge in [-0.2, -0.15) is 0 Å². The van der Waals surface area contributed by atoms with Gasteiger partial charge in [0.05, 0.1) is 6.54 Å². The summed E-state index contributed by atoms with van der Waals surface area (Å²) >= 11 is 3.44. The third kappa shape index (κ3) is 4.71. The summed E-state index contributed by atoms with van der Waals surface area (Å²) in [7, 11) is 0. The fraction of sp³-hybridized carbons (Fsp3) is 0.375. The Morgan fingerprint density at radius 1 is 1.43 bits per heavy atom. The van der Waals surface area contributed by atoms with E-state index in [2.05, 4.69) is 45.0 Å². The number of amides is 1. The molecule has 0 unspecified atom stereocenters. The molecule has 0 atom stereocenters. The molecule has 0 saturated heterocycles. The summed E-state index contributed by atoms with van der Waals surface area (Å²) in [6, 6.07) is 3.76. The average Bonchev–Trinajstić information content (AvgIpc) is 2.89. The molecule has 0 aliphatic rings. The molecule has 122 valence electrons. The molecule has 0 aliphatic carbocycles. The predicted molar refractivity (Wildman–Crippen MR) is 92.3 cm³/mol. The second kappa shape index (κ2) is 8.56. The van der Waals surface area contributed by atoms with Crippen molar-refractivity contribution in [2.24, 2.45) is 0 Å². The molecule has 6 nitrogen and oxygen atoms in total. The number of hydrogen-bond acceptors (Lipinski definition) is 4. The van der Waals surface area contributed by atoms with E-state index in [-0.39, 0.29) is 6.54 Å². The summed E-state index contributed by atoms with van der Waals surface area (Å²) in [5, 5.41) is 11.5. The van der Waals surface area contributed by atoms with Gasteiger partial charge in [0.2, 0.25) is 0 Å². The summed E-state index contributed by atoms with van der Waals surface area (Å²) in [6.07, 6.45) is 6.10. The number of unbranched alkanes of at least 4 members (excludes halogenated alkanes) is 3. The van der Waals surface area contributed by atoms with Crippen LogP contribution in [0.2, 0.25) is 0 Å². The van der Waals surface area contributed by atoms with Crippen LogP contribution in [0.15, 0.2) is 22.8 Å². The zero-order chi connectivity index (χ0) is 16.7. The number of aromatic nitrogens is 2. The third-order valence-electron chi connectivity index (χ3n) is 3.24. The molecule has 0 spiro atoms. The smallest absolute Gasteiger partial charge is 0.262 e. The first kappa shape index (κ1) is 17.3. The number of carbonyl (C=O) groups excluding carboxylic acids is 1. The molecule has 2 rings (SSSR count). The van der Waals surface area contributed by atoms with Crippen LogP contribution in [0.25, 0.3) is 5.65 Å². The Labute approximate surface area is 143 Å². The molecule has 0 saturated carbocycles. The van der Waals surface area contributed by atoms with E-state index in [0.717, 1.165) is 35.8 Å². The second-order valence-corrected chi connectivity index (χ2v) is 5.95. The van der Waals surface area contributed by atoms with E-state index in [1.165, 1.54) is 0 Å². The van der Waals surface area contributed by atoms with Crippen molar-refractivity contribution in [1.29, 1.82) is 0 Å². The summed E-state index contributed by atoms with van der Waals surface area (Å²) in [4.78, 5) is 15.6. The summed E-state index contributed by atoms with van der Waals surface area (Å²) < 4.78 is 2.78. The summed E-state index contributed by atoms with van der Waals surface area (Å²) in [5.41, 5.74) is 3.02. The van der Waals surface area contributed by atoms with Gasteiger partial charge in [0.15, 0.2) is 5.82 Å². The van der Waals surface area contributed by atoms with Crippen molar-refractivity contribution < 1.29 is 10.0 Å².